The number of rotatable bonds is 5. The minimum atomic E-state index is 0. The van der Waals surface area contributed by atoms with Crippen molar-refractivity contribution < 1.29 is 4.79 Å². The van der Waals surface area contributed by atoms with Gasteiger partial charge >= 0.3 is 0 Å². The van der Waals surface area contributed by atoms with E-state index in [0.717, 1.165) is 64.6 Å². The third-order valence-electron chi connectivity index (χ3n) is 4.66. The van der Waals surface area contributed by atoms with Gasteiger partial charge in [0.1, 0.15) is 6.54 Å². The van der Waals surface area contributed by atoms with Gasteiger partial charge in [0.25, 0.3) is 0 Å². The van der Waals surface area contributed by atoms with Gasteiger partial charge in [0.2, 0.25) is 5.91 Å². The van der Waals surface area contributed by atoms with E-state index < -0.39 is 0 Å². The predicted octanol–water partition coefficient (Wildman–Crippen LogP) is 0.0277. The van der Waals surface area contributed by atoms with E-state index in [1.54, 1.807) is 0 Å². The molecule has 2 aliphatic heterocycles. The molecule has 140 valence electrons. The van der Waals surface area contributed by atoms with Crippen LogP contribution in [0, 0.1) is 0 Å². The predicted molar refractivity (Wildman–Crippen MR) is 109 cm³/mol. The van der Waals surface area contributed by atoms with Crippen molar-refractivity contribution in [3.05, 3.63) is 0 Å². The Hall–Kier alpha value is -0.610. The average Bonchev–Trinajstić information content (AvgIpc) is 3.07. The standard InChI is InChI=1S/C16H32N6O.HI/c1-4-17-16(19-12-15(23)22-7-5-6-8-22)18-11-14-13-20(2)9-10-21(14)3;/h14H,4-13H2,1-3H3,(H2,17,18,19);1H. The Morgan fingerprint density at radius 1 is 1.12 bits per heavy atom. The summed E-state index contributed by atoms with van der Waals surface area (Å²) in [7, 11) is 4.33. The van der Waals surface area contributed by atoms with E-state index in [0.29, 0.717) is 6.04 Å². The fourth-order valence-corrected chi connectivity index (χ4v) is 3.09. The SMILES string of the molecule is CCNC(=NCC(=O)N1CCCC1)NCC1CN(C)CCN1C.I. The second-order valence-corrected chi connectivity index (χ2v) is 6.56. The summed E-state index contributed by atoms with van der Waals surface area (Å²) in [6.45, 7) is 8.94. The van der Waals surface area contributed by atoms with Gasteiger partial charge in [0.15, 0.2) is 5.96 Å². The molecule has 2 aliphatic rings. The van der Waals surface area contributed by atoms with Crippen LogP contribution in [-0.2, 0) is 4.79 Å². The average molecular weight is 452 g/mol. The third kappa shape index (κ3) is 6.72. The van der Waals surface area contributed by atoms with Crippen molar-refractivity contribution in [2.75, 3.05) is 66.5 Å². The summed E-state index contributed by atoms with van der Waals surface area (Å²) >= 11 is 0. The van der Waals surface area contributed by atoms with Crippen LogP contribution < -0.4 is 10.6 Å². The lowest BCUT2D eigenvalue weighted by molar-refractivity contribution is -0.128. The number of carbonyl (C=O) groups is 1. The highest BCUT2D eigenvalue weighted by molar-refractivity contribution is 14.0. The summed E-state index contributed by atoms with van der Waals surface area (Å²) in [4.78, 5) is 23.2. The van der Waals surface area contributed by atoms with Gasteiger partial charge in [-0.15, -0.1) is 24.0 Å². The number of likely N-dealkylation sites (tertiary alicyclic amines) is 1. The first-order valence-electron chi connectivity index (χ1n) is 8.79. The summed E-state index contributed by atoms with van der Waals surface area (Å²) in [6, 6.07) is 0.465. The van der Waals surface area contributed by atoms with Crippen molar-refractivity contribution in [3.63, 3.8) is 0 Å². The van der Waals surface area contributed by atoms with Crippen LogP contribution in [0.2, 0.25) is 0 Å². The quantitative estimate of drug-likeness (QED) is 0.350. The van der Waals surface area contributed by atoms with Crippen LogP contribution >= 0.6 is 24.0 Å². The number of guanidine groups is 1. The summed E-state index contributed by atoms with van der Waals surface area (Å²) in [5, 5.41) is 6.62. The molecule has 0 bridgehead atoms. The first kappa shape index (κ1) is 21.4. The van der Waals surface area contributed by atoms with Gasteiger partial charge in [-0.25, -0.2) is 4.99 Å². The van der Waals surface area contributed by atoms with Gasteiger partial charge in [-0.3, -0.25) is 9.69 Å². The molecule has 0 aromatic heterocycles. The lowest BCUT2D eigenvalue weighted by Crippen LogP contribution is -2.55. The number of nitrogens with zero attached hydrogens (tertiary/aromatic N) is 4. The first-order valence-corrected chi connectivity index (χ1v) is 8.79. The molecule has 0 aliphatic carbocycles. The maximum atomic E-state index is 12.1. The van der Waals surface area contributed by atoms with Crippen molar-refractivity contribution in [2.45, 2.75) is 25.8 Å². The molecule has 0 aromatic carbocycles. The summed E-state index contributed by atoms with van der Waals surface area (Å²) < 4.78 is 0. The van der Waals surface area contributed by atoms with Gasteiger partial charge in [-0.2, -0.15) is 0 Å². The molecule has 8 heteroatoms. The number of hydrogen-bond acceptors (Lipinski definition) is 4. The molecule has 1 amide bonds. The van der Waals surface area contributed by atoms with E-state index in [1.807, 2.05) is 11.8 Å². The van der Waals surface area contributed by atoms with Crippen molar-refractivity contribution >= 4 is 35.8 Å². The molecule has 1 unspecified atom stereocenters. The number of hydrogen-bond donors (Lipinski definition) is 2. The highest BCUT2D eigenvalue weighted by atomic mass is 127. The number of piperazine rings is 1. The lowest BCUT2D eigenvalue weighted by Gasteiger charge is -2.37. The van der Waals surface area contributed by atoms with E-state index >= 15 is 0 Å². The highest BCUT2D eigenvalue weighted by Gasteiger charge is 2.22. The molecule has 2 N–H and O–H groups in total. The van der Waals surface area contributed by atoms with Crippen LogP contribution in [0.25, 0.3) is 0 Å². The second-order valence-electron chi connectivity index (χ2n) is 6.56. The highest BCUT2D eigenvalue weighted by Crippen LogP contribution is 2.07. The van der Waals surface area contributed by atoms with Gasteiger partial charge in [-0.05, 0) is 33.9 Å². The molecular weight excluding hydrogens is 419 g/mol. The number of aliphatic imine (C=N–C) groups is 1. The molecule has 2 fully saturated rings. The topological polar surface area (TPSA) is 63.2 Å². The van der Waals surface area contributed by atoms with Crippen LogP contribution in [0.15, 0.2) is 4.99 Å². The summed E-state index contributed by atoms with van der Waals surface area (Å²) in [5.41, 5.74) is 0. The maximum Gasteiger partial charge on any atom is 0.244 e. The van der Waals surface area contributed by atoms with E-state index in [1.165, 1.54) is 0 Å². The Kier molecular flexibility index (Phi) is 9.91. The molecule has 7 nitrogen and oxygen atoms in total. The molecule has 0 saturated carbocycles. The van der Waals surface area contributed by atoms with Crippen LogP contribution in [0.5, 0.6) is 0 Å². The van der Waals surface area contributed by atoms with Crippen LogP contribution in [0.4, 0.5) is 0 Å². The van der Waals surface area contributed by atoms with Crippen molar-refractivity contribution in [1.29, 1.82) is 0 Å². The van der Waals surface area contributed by atoms with Crippen molar-refractivity contribution in [3.8, 4) is 0 Å². The van der Waals surface area contributed by atoms with Crippen LogP contribution in [0.1, 0.15) is 19.8 Å². The maximum absolute atomic E-state index is 12.1. The van der Waals surface area contributed by atoms with Crippen LogP contribution in [-0.4, -0.2) is 99.1 Å². The van der Waals surface area contributed by atoms with Crippen molar-refractivity contribution in [1.82, 2.24) is 25.3 Å². The Balaban J connectivity index is 0.00000288. The zero-order valence-corrected chi connectivity index (χ0v) is 17.6. The monoisotopic (exact) mass is 452 g/mol. The van der Waals surface area contributed by atoms with Gasteiger partial charge in [-0.1, -0.05) is 0 Å². The van der Waals surface area contributed by atoms with E-state index in [2.05, 4.69) is 39.5 Å². The molecule has 0 spiro atoms. The summed E-state index contributed by atoms with van der Waals surface area (Å²) in [5.74, 6) is 0.871. The van der Waals surface area contributed by atoms with Gasteiger partial charge < -0.3 is 20.4 Å². The lowest BCUT2D eigenvalue weighted by atomic mass is 10.2. The second kappa shape index (κ2) is 11.1. The number of carbonyl (C=O) groups excluding carboxylic acids is 1. The summed E-state index contributed by atoms with van der Waals surface area (Å²) in [6.07, 6.45) is 2.24. The van der Waals surface area contributed by atoms with E-state index in [4.69, 9.17) is 0 Å². The first-order chi connectivity index (χ1) is 11.1. The molecule has 2 saturated heterocycles. The Morgan fingerprint density at radius 3 is 2.50 bits per heavy atom. The fourth-order valence-electron chi connectivity index (χ4n) is 3.09. The number of amides is 1. The molecule has 0 aromatic rings. The zero-order valence-electron chi connectivity index (χ0n) is 15.3. The Bertz CT molecular complexity index is 413. The molecule has 2 rings (SSSR count). The largest absolute Gasteiger partial charge is 0.357 e. The minimum Gasteiger partial charge on any atom is -0.357 e. The molecular formula is C16H33IN6O. The molecule has 24 heavy (non-hydrogen) atoms. The normalized spacial score (nSPS) is 23.0. The van der Waals surface area contributed by atoms with Gasteiger partial charge in [0.05, 0.1) is 0 Å². The number of halogens is 1. The molecule has 2 heterocycles. The smallest absolute Gasteiger partial charge is 0.244 e. The minimum absolute atomic E-state index is 0. The molecule has 1 atom stereocenters. The number of nitrogens with one attached hydrogen (secondary N) is 2. The van der Waals surface area contributed by atoms with Crippen molar-refractivity contribution in [2.24, 2.45) is 4.99 Å². The molecule has 0 radical (unpaired) electrons. The fraction of sp³-hybridized carbons (Fsp3) is 0.875. The van der Waals surface area contributed by atoms with E-state index in [-0.39, 0.29) is 36.4 Å². The zero-order chi connectivity index (χ0) is 16.7. The van der Waals surface area contributed by atoms with Crippen LogP contribution in [0.3, 0.4) is 0 Å². The van der Waals surface area contributed by atoms with Gasteiger partial charge in [0, 0.05) is 51.9 Å². The third-order valence-corrected chi connectivity index (χ3v) is 4.66. The number of likely N-dealkylation sites (N-methyl/N-ethyl adjacent to an activating group) is 2. The van der Waals surface area contributed by atoms with E-state index in [9.17, 15) is 4.79 Å². The Labute approximate surface area is 163 Å². The Morgan fingerprint density at radius 2 is 1.83 bits per heavy atom.